The Kier molecular flexibility index (Phi) is 8.54. The number of hydrogen-bond acceptors (Lipinski definition) is 10. The second kappa shape index (κ2) is 12.8. The van der Waals surface area contributed by atoms with E-state index >= 15 is 0 Å². The largest absolute Gasteiger partial charge is 0.496 e. The molecular weight excluding hydrogens is 579 g/mol. The fraction of sp³-hybridized carbons (Fsp3) is 0.281. The summed E-state index contributed by atoms with van der Waals surface area (Å²) in [6, 6.07) is 15.3. The Morgan fingerprint density at radius 1 is 1.07 bits per heavy atom. The Morgan fingerprint density at radius 2 is 1.87 bits per heavy atom. The Hall–Kier alpha value is -5.14. The van der Waals surface area contributed by atoms with E-state index in [1.807, 2.05) is 36.4 Å². The first-order valence-electron chi connectivity index (χ1n) is 14.4. The number of aromatic nitrogens is 5. The second-order valence-corrected chi connectivity index (χ2v) is 10.7. The molecule has 1 amide bonds. The zero-order valence-electron chi connectivity index (χ0n) is 25.1. The Bertz CT molecular complexity index is 1810. The van der Waals surface area contributed by atoms with Gasteiger partial charge in [0.2, 0.25) is 0 Å². The molecule has 4 heterocycles. The van der Waals surface area contributed by atoms with Crippen LogP contribution in [0.2, 0.25) is 0 Å². The summed E-state index contributed by atoms with van der Waals surface area (Å²) >= 11 is 0. The number of carbonyl (C=O) groups is 1. The molecule has 232 valence electrons. The number of nitrogen functional groups attached to an aromatic ring is 1. The van der Waals surface area contributed by atoms with Crippen LogP contribution in [0.25, 0.3) is 28.0 Å². The molecule has 1 fully saturated rings. The van der Waals surface area contributed by atoms with E-state index in [0.717, 1.165) is 48.2 Å². The van der Waals surface area contributed by atoms with E-state index in [2.05, 4.69) is 20.2 Å². The summed E-state index contributed by atoms with van der Waals surface area (Å²) in [5, 5.41) is 8.30. The van der Waals surface area contributed by atoms with Crippen molar-refractivity contribution in [1.82, 2.24) is 30.0 Å². The molecule has 13 heteroatoms. The first-order chi connectivity index (χ1) is 21.9. The third-order valence-electron chi connectivity index (χ3n) is 7.96. The number of amides is 1. The van der Waals surface area contributed by atoms with Crippen molar-refractivity contribution < 1.29 is 23.4 Å². The van der Waals surface area contributed by atoms with Crippen LogP contribution in [0.4, 0.5) is 16.0 Å². The number of carbonyl (C=O) groups excluding carboxylic acids is 1. The summed E-state index contributed by atoms with van der Waals surface area (Å²) < 4.78 is 31.5. The molecule has 0 spiro atoms. The van der Waals surface area contributed by atoms with Crippen LogP contribution >= 0.6 is 0 Å². The molecule has 2 aromatic carbocycles. The number of hydrogen-bond donors (Lipinski definition) is 2. The first-order valence-corrected chi connectivity index (χ1v) is 14.4. The predicted octanol–water partition coefficient (Wildman–Crippen LogP) is 3.98. The van der Waals surface area contributed by atoms with Gasteiger partial charge in [-0.1, -0.05) is 24.3 Å². The average molecular weight is 613 g/mol. The van der Waals surface area contributed by atoms with Gasteiger partial charge in [-0.2, -0.15) is 5.10 Å². The van der Waals surface area contributed by atoms with Gasteiger partial charge >= 0.3 is 0 Å². The van der Waals surface area contributed by atoms with Crippen molar-refractivity contribution >= 4 is 28.6 Å². The SMILES string of the molecule is COc1ccc(F)cc1C(=O)NCc1ccc(-c2nn(-c3ccc(N4CCC(C(OC)OC)C4)nc3)c3ncnc(N)c23)cc1. The molecule has 3 N–H and O–H groups in total. The number of halogens is 1. The highest BCUT2D eigenvalue weighted by molar-refractivity contribution is 5.99. The number of methoxy groups -OCH3 is 3. The molecule has 45 heavy (non-hydrogen) atoms. The molecule has 1 unspecified atom stereocenters. The highest BCUT2D eigenvalue weighted by atomic mass is 19.1. The molecule has 1 aliphatic heterocycles. The summed E-state index contributed by atoms with van der Waals surface area (Å²) in [7, 11) is 4.75. The number of nitrogens with one attached hydrogen (secondary N) is 1. The van der Waals surface area contributed by atoms with Crippen molar-refractivity contribution in [1.29, 1.82) is 0 Å². The van der Waals surface area contributed by atoms with E-state index in [-0.39, 0.29) is 24.3 Å². The predicted molar refractivity (Wildman–Crippen MR) is 167 cm³/mol. The minimum atomic E-state index is -0.518. The summed E-state index contributed by atoms with van der Waals surface area (Å²) in [6.07, 6.45) is 3.88. The van der Waals surface area contributed by atoms with Crippen LogP contribution in [0.15, 0.2) is 67.1 Å². The molecule has 0 radical (unpaired) electrons. The summed E-state index contributed by atoms with van der Waals surface area (Å²) in [4.78, 5) is 28.3. The minimum absolute atomic E-state index is 0.125. The number of nitrogens with zero attached hydrogens (tertiary/aromatic N) is 6. The van der Waals surface area contributed by atoms with Gasteiger partial charge in [-0.05, 0) is 42.3 Å². The van der Waals surface area contributed by atoms with E-state index in [0.29, 0.717) is 28.3 Å². The van der Waals surface area contributed by atoms with E-state index in [1.165, 1.54) is 25.6 Å². The van der Waals surface area contributed by atoms with Gasteiger partial charge in [-0.25, -0.2) is 24.0 Å². The lowest BCUT2D eigenvalue weighted by Crippen LogP contribution is -2.28. The number of anilines is 2. The highest BCUT2D eigenvalue weighted by Crippen LogP contribution is 2.32. The lowest BCUT2D eigenvalue weighted by Gasteiger charge is -2.22. The lowest BCUT2D eigenvalue weighted by atomic mass is 10.1. The highest BCUT2D eigenvalue weighted by Gasteiger charge is 2.30. The monoisotopic (exact) mass is 612 g/mol. The fourth-order valence-electron chi connectivity index (χ4n) is 5.66. The smallest absolute Gasteiger partial charge is 0.255 e. The van der Waals surface area contributed by atoms with Gasteiger partial charge < -0.3 is 30.2 Å². The molecule has 0 aliphatic carbocycles. The zero-order chi connectivity index (χ0) is 31.5. The molecule has 12 nitrogen and oxygen atoms in total. The van der Waals surface area contributed by atoms with Crippen LogP contribution in [0.5, 0.6) is 5.75 Å². The molecule has 0 bridgehead atoms. The third-order valence-corrected chi connectivity index (χ3v) is 7.96. The van der Waals surface area contributed by atoms with Crippen molar-refractivity contribution in [3.05, 3.63) is 84.1 Å². The van der Waals surface area contributed by atoms with E-state index < -0.39 is 11.7 Å². The maximum atomic E-state index is 13.7. The van der Waals surface area contributed by atoms with Gasteiger partial charge in [0.05, 0.1) is 29.9 Å². The topological polar surface area (TPSA) is 143 Å². The minimum Gasteiger partial charge on any atom is -0.496 e. The number of rotatable bonds is 10. The fourth-order valence-corrected chi connectivity index (χ4v) is 5.66. The number of nitrogens with two attached hydrogens (primary N) is 1. The molecule has 1 atom stereocenters. The average Bonchev–Trinajstić information content (AvgIpc) is 3.71. The van der Waals surface area contributed by atoms with Crippen LogP contribution in [-0.2, 0) is 16.0 Å². The molecular formula is C32H33FN8O4. The van der Waals surface area contributed by atoms with Crippen LogP contribution < -0.4 is 20.7 Å². The van der Waals surface area contributed by atoms with Crippen LogP contribution in [-0.4, -0.2) is 71.3 Å². The van der Waals surface area contributed by atoms with Gasteiger partial charge in [-0.15, -0.1) is 0 Å². The first kappa shape index (κ1) is 29.9. The third kappa shape index (κ3) is 5.99. The summed E-state index contributed by atoms with van der Waals surface area (Å²) in [5.41, 5.74) is 9.96. The normalized spacial score (nSPS) is 14.8. The lowest BCUT2D eigenvalue weighted by molar-refractivity contribution is -0.132. The van der Waals surface area contributed by atoms with Gasteiger partial charge in [0.25, 0.3) is 5.91 Å². The standard InChI is InChI=1S/C32H33FN8O4/c1-43-25-10-8-22(33)14-24(25)31(42)36-15-19-4-6-20(7-5-19)28-27-29(34)37-18-38-30(27)41(39-28)23-9-11-26(35-16-23)40-13-12-21(17-40)32(44-2)45-3/h4-11,14,16,18,21,32H,12-13,15,17H2,1-3H3,(H,36,42)(H2,34,37,38). The van der Waals surface area contributed by atoms with Crippen molar-refractivity contribution in [3.63, 3.8) is 0 Å². The van der Waals surface area contributed by atoms with Crippen LogP contribution in [0.1, 0.15) is 22.3 Å². The van der Waals surface area contributed by atoms with E-state index in [9.17, 15) is 9.18 Å². The Morgan fingerprint density at radius 3 is 2.58 bits per heavy atom. The van der Waals surface area contributed by atoms with Gasteiger partial charge in [-0.3, -0.25) is 4.79 Å². The molecule has 6 rings (SSSR count). The second-order valence-electron chi connectivity index (χ2n) is 10.7. The number of ether oxygens (including phenoxy) is 3. The van der Waals surface area contributed by atoms with Gasteiger partial charge in [0, 0.05) is 45.3 Å². The quantitative estimate of drug-likeness (QED) is 0.222. The van der Waals surface area contributed by atoms with Crippen molar-refractivity contribution in [3.8, 4) is 22.7 Å². The van der Waals surface area contributed by atoms with Crippen LogP contribution in [0, 0.1) is 11.7 Å². The zero-order valence-corrected chi connectivity index (χ0v) is 25.1. The molecule has 0 saturated carbocycles. The van der Waals surface area contributed by atoms with Crippen molar-refractivity contribution in [2.45, 2.75) is 19.3 Å². The Labute approximate surface area is 259 Å². The number of benzene rings is 2. The number of pyridine rings is 1. The van der Waals surface area contributed by atoms with Gasteiger partial charge in [0.1, 0.15) is 35.2 Å². The summed E-state index contributed by atoms with van der Waals surface area (Å²) in [6.45, 7) is 1.88. The van der Waals surface area contributed by atoms with Crippen molar-refractivity contribution in [2.24, 2.45) is 5.92 Å². The van der Waals surface area contributed by atoms with E-state index in [4.69, 9.17) is 30.0 Å². The van der Waals surface area contributed by atoms with Gasteiger partial charge in [0.15, 0.2) is 11.9 Å². The molecule has 1 aliphatic rings. The number of fused-ring (bicyclic) bond motifs is 1. The van der Waals surface area contributed by atoms with Crippen molar-refractivity contribution in [2.75, 3.05) is 45.1 Å². The van der Waals surface area contributed by atoms with E-state index in [1.54, 1.807) is 25.1 Å². The molecule has 3 aromatic heterocycles. The molecule has 5 aromatic rings. The van der Waals surface area contributed by atoms with Crippen LogP contribution in [0.3, 0.4) is 0 Å². The summed E-state index contributed by atoms with van der Waals surface area (Å²) in [5.74, 6) is 0.761. The maximum absolute atomic E-state index is 13.7. The Balaban J connectivity index is 1.21. The molecule has 1 saturated heterocycles. The maximum Gasteiger partial charge on any atom is 0.255 e.